The predicted molar refractivity (Wildman–Crippen MR) is 96.6 cm³/mol. The van der Waals surface area contributed by atoms with E-state index in [1.807, 2.05) is 13.8 Å². The number of hydrogen-bond acceptors (Lipinski definition) is 4. The number of nitrogens with zero attached hydrogens (tertiary/aromatic N) is 1. The number of sulfonamides is 1. The zero-order chi connectivity index (χ0) is 17.0. The van der Waals surface area contributed by atoms with Crippen molar-refractivity contribution in [1.82, 2.24) is 14.9 Å². The van der Waals surface area contributed by atoms with E-state index in [1.165, 1.54) is 4.31 Å². The van der Waals surface area contributed by atoms with Crippen LogP contribution in [0.5, 0.6) is 0 Å². The fourth-order valence-corrected chi connectivity index (χ4v) is 3.80. The molecule has 1 atom stereocenters. The molecule has 2 rings (SSSR count). The monoisotopic (exact) mass is 375 g/mol. The number of rotatable bonds is 6. The lowest BCUT2D eigenvalue weighted by atomic mass is 10.1. The van der Waals surface area contributed by atoms with Gasteiger partial charge in [0.05, 0.1) is 10.8 Å². The molecule has 1 fully saturated rings. The molecular formula is C16H26ClN3O3S. The van der Waals surface area contributed by atoms with Gasteiger partial charge in [-0.25, -0.2) is 8.42 Å². The average molecular weight is 376 g/mol. The molecule has 136 valence electrons. The Morgan fingerprint density at radius 1 is 1.33 bits per heavy atom. The van der Waals surface area contributed by atoms with Crippen molar-refractivity contribution in [2.45, 2.75) is 37.8 Å². The average Bonchev–Trinajstić information content (AvgIpc) is 3.06. The highest BCUT2D eigenvalue weighted by Gasteiger charge is 2.23. The van der Waals surface area contributed by atoms with Gasteiger partial charge in [-0.1, -0.05) is 12.1 Å². The number of carbonyl (C=O) groups excluding carboxylic acids is 1. The SMILES string of the molecule is CC(C)N(C)S(=O)(=O)c1ccc(CNC(=O)C2CCNC2)cc1.Cl. The maximum Gasteiger partial charge on any atom is 0.243 e. The molecule has 0 aromatic heterocycles. The van der Waals surface area contributed by atoms with Crippen LogP contribution in [-0.2, 0) is 21.4 Å². The molecule has 6 nitrogen and oxygen atoms in total. The summed E-state index contributed by atoms with van der Waals surface area (Å²) in [5.41, 5.74) is 0.885. The van der Waals surface area contributed by atoms with Crippen LogP contribution in [0.4, 0.5) is 0 Å². The Hall–Kier alpha value is -1.15. The van der Waals surface area contributed by atoms with Crippen molar-refractivity contribution in [1.29, 1.82) is 0 Å². The van der Waals surface area contributed by atoms with Crippen molar-refractivity contribution < 1.29 is 13.2 Å². The van der Waals surface area contributed by atoms with E-state index < -0.39 is 10.0 Å². The lowest BCUT2D eigenvalue weighted by Gasteiger charge is -2.21. The van der Waals surface area contributed by atoms with Crippen LogP contribution in [0.1, 0.15) is 25.8 Å². The van der Waals surface area contributed by atoms with Gasteiger partial charge in [0, 0.05) is 26.2 Å². The first kappa shape index (κ1) is 20.9. The first-order valence-electron chi connectivity index (χ1n) is 7.88. The van der Waals surface area contributed by atoms with Crippen LogP contribution in [0.3, 0.4) is 0 Å². The van der Waals surface area contributed by atoms with Crippen molar-refractivity contribution in [2.24, 2.45) is 5.92 Å². The molecule has 8 heteroatoms. The zero-order valence-corrected chi connectivity index (χ0v) is 15.9. The van der Waals surface area contributed by atoms with Gasteiger partial charge >= 0.3 is 0 Å². The van der Waals surface area contributed by atoms with Crippen LogP contribution in [0.2, 0.25) is 0 Å². The molecule has 0 radical (unpaired) electrons. The van der Waals surface area contributed by atoms with Gasteiger partial charge in [0.1, 0.15) is 0 Å². The molecule has 0 saturated carbocycles. The summed E-state index contributed by atoms with van der Waals surface area (Å²) in [6.45, 7) is 5.69. The van der Waals surface area contributed by atoms with Gasteiger partial charge in [-0.15, -0.1) is 12.4 Å². The minimum Gasteiger partial charge on any atom is -0.352 e. The Labute approximate surface area is 150 Å². The third kappa shape index (κ3) is 4.92. The van der Waals surface area contributed by atoms with Crippen LogP contribution >= 0.6 is 12.4 Å². The quantitative estimate of drug-likeness (QED) is 0.787. The molecule has 24 heavy (non-hydrogen) atoms. The maximum absolute atomic E-state index is 12.4. The van der Waals surface area contributed by atoms with Crippen LogP contribution in [-0.4, -0.2) is 44.8 Å². The zero-order valence-electron chi connectivity index (χ0n) is 14.3. The Balaban J connectivity index is 0.00000288. The van der Waals surface area contributed by atoms with E-state index in [9.17, 15) is 13.2 Å². The van der Waals surface area contributed by atoms with E-state index in [4.69, 9.17) is 0 Å². The molecule has 0 spiro atoms. The Kier molecular flexibility index (Phi) is 7.66. The largest absolute Gasteiger partial charge is 0.352 e. The van der Waals surface area contributed by atoms with E-state index in [1.54, 1.807) is 31.3 Å². The van der Waals surface area contributed by atoms with Gasteiger partial charge < -0.3 is 10.6 Å². The summed E-state index contributed by atoms with van der Waals surface area (Å²) in [4.78, 5) is 12.2. The van der Waals surface area contributed by atoms with Crippen LogP contribution in [0.15, 0.2) is 29.2 Å². The Bertz CT molecular complexity index is 641. The minimum atomic E-state index is -3.46. The second kappa shape index (κ2) is 8.80. The summed E-state index contributed by atoms with van der Waals surface area (Å²) < 4.78 is 26.1. The lowest BCUT2D eigenvalue weighted by molar-refractivity contribution is -0.124. The molecule has 1 saturated heterocycles. The maximum atomic E-state index is 12.4. The van der Waals surface area contributed by atoms with E-state index >= 15 is 0 Å². The summed E-state index contributed by atoms with van der Waals surface area (Å²) >= 11 is 0. The summed E-state index contributed by atoms with van der Waals surface area (Å²) in [7, 11) is -1.89. The third-order valence-corrected chi connectivity index (χ3v) is 6.27. The van der Waals surface area contributed by atoms with E-state index in [2.05, 4.69) is 10.6 Å². The summed E-state index contributed by atoms with van der Waals surface area (Å²) in [5.74, 6) is 0.0839. The first-order valence-corrected chi connectivity index (χ1v) is 9.32. The number of amides is 1. The van der Waals surface area contributed by atoms with Crippen LogP contribution in [0.25, 0.3) is 0 Å². The molecular weight excluding hydrogens is 350 g/mol. The fraction of sp³-hybridized carbons (Fsp3) is 0.562. The van der Waals surface area contributed by atoms with Gasteiger partial charge in [-0.3, -0.25) is 4.79 Å². The summed E-state index contributed by atoms with van der Waals surface area (Å²) in [5, 5.41) is 6.06. The molecule has 1 aromatic rings. The second-order valence-corrected chi connectivity index (χ2v) is 8.16. The highest BCUT2D eigenvalue weighted by molar-refractivity contribution is 7.89. The molecule has 2 N–H and O–H groups in total. The molecule has 0 bridgehead atoms. The number of halogens is 1. The highest BCUT2D eigenvalue weighted by atomic mass is 35.5. The molecule has 1 unspecified atom stereocenters. The standard InChI is InChI=1S/C16H25N3O3S.ClH/c1-12(2)19(3)23(21,22)15-6-4-13(5-7-15)10-18-16(20)14-8-9-17-11-14;/h4-7,12,14,17H,8-11H2,1-3H3,(H,18,20);1H. The van der Waals surface area contributed by atoms with E-state index in [0.717, 1.165) is 25.1 Å². The summed E-state index contributed by atoms with van der Waals surface area (Å²) in [6.07, 6.45) is 0.866. The number of carbonyl (C=O) groups is 1. The van der Waals surface area contributed by atoms with Crippen molar-refractivity contribution >= 4 is 28.3 Å². The minimum absolute atomic E-state index is 0. The van der Waals surface area contributed by atoms with Gasteiger partial charge in [0.15, 0.2) is 0 Å². The van der Waals surface area contributed by atoms with Crippen molar-refractivity contribution in [3.8, 4) is 0 Å². The normalized spacial score (nSPS) is 17.8. The predicted octanol–water partition coefficient (Wildman–Crippen LogP) is 1.36. The third-order valence-electron chi connectivity index (χ3n) is 4.23. The van der Waals surface area contributed by atoms with Gasteiger partial charge in [0.25, 0.3) is 0 Å². The van der Waals surface area contributed by atoms with Gasteiger partial charge in [-0.05, 0) is 44.5 Å². The molecule has 1 aliphatic rings. The molecule has 1 heterocycles. The summed E-state index contributed by atoms with van der Waals surface area (Å²) in [6, 6.07) is 6.57. The van der Waals surface area contributed by atoms with Crippen molar-refractivity contribution in [3.05, 3.63) is 29.8 Å². The second-order valence-electron chi connectivity index (χ2n) is 6.17. The van der Waals surface area contributed by atoms with Gasteiger partial charge in [-0.2, -0.15) is 4.31 Å². The van der Waals surface area contributed by atoms with Crippen molar-refractivity contribution in [3.63, 3.8) is 0 Å². The number of hydrogen-bond donors (Lipinski definition) is 2. The number of nitrogens with one attached hydrogen (secondary N) is 2. The topological polar surface area (TPSA) is 78.5 Å². The first-order chi connectivity index (χ1) is 10.8. The smallest absolute Gasteiger partial charge is 0.243 e. The molecule has 0 aliphatic carbocycles. The van der Waals surface area contributed by atoms with Crippen LogP contribution < -0.4 is 10.6 Å². The van der Waals surface area contributed by atoms with Crippen LogP contribution in [0, 0.1) is 5.92 Å². The number of benzene rings is 1. The Morgan fingerprint density at radius 2 is 1.96 bits per heavy atom. The molecule has 1 amide bonds. The van der Waals surface area contributed by atoms with E-state index in [-0.39, 0.29) is 35.2 Å². The van der Waals surface area contributed by atoms with E-state index in [0.29, 0.717) is 6.54 Å². The van der Waals surface area contributed by atoms with Crippen molar-refractivity contribution in [2.75, 3.05) is 20.1 Å². The fourth-order valence-electron chi connectivity index (χ4n) is 2.44. The molecule has 1 aliphatic heterocycles. The lowest BCUT2D eigenvalue weighted by Crippen LogP contribution is -2.33. The Morgan fingerprint density at radius 3 is 2.46 bits per heavy atom. The molecule has 1 aromatic carbocycles. The van der Waals surface area contributed by atoms with Gasteiger partial charge in [0.2, 0.25) is 15.9 Å². The highest BCUT2D eigenvalue weighted by Crippen LogP contribution is 2.17.